The Morgan fingerprint density at radius 2 is 1.73 bits per heavy atom. The predicted octanol–water partition coefficient (Wildman–Crippen LogP) is 2.50. The lowest BCUT2D eigenvalue weighted by Crippen LogP contribution is -2.20. The van der Waals surface area contributed by atoms with E-state index in [-0.39, 0.29) is 24.0 Å². The lowest BCUT2D eigenvalue weighted by atomic mass is 10.1. The van der Waals surface area contributed by atoms with Gasteiger partial charge in [0.1, 0.15) is 5.75 Å². The maximum Gasteiger partial charge on any atom is 0.262 e. The number of carbonyl (C=O) groups is 2. The molecule has 0 spiro atoms. The van der Waals surface area contributed by atoms with E-state index < -0.39 is 0 Å². The number of hydrogen-bond donors (Lipinski definition) is 3. The van der Waals surface area contributed by atoms with E-state index in [0.717, 1.165) is 0 Å². The molecule has 0 aliphatic carbocycles. The van der Waals surface area contributed by atoms with Gasteiger partial charge in [0.05, 0.1) is 5.39 Å². The summed E-state index contributed by atoms with van der Waals surface area (Å²) in [4.78, 5) is 37.6. The number of anilines is 2. The maximum absolute atomic E-state index is 12.1. The molecule has 7 heteroatoms. The number of aromatic nitrogens is 1. The van der Waals surface area contributed by atoms with Gasteiger partial charge in [-0.05, 0) is 36.4 Å². The van der Waals surface area contributed by atoms with Crippen molar-refractivity contribution in [3.8, 4) is 5.75 Å². The molecule has 3 N–H and O–H groups in total. The molecule has 0 aliphatic rings. The Hall–Kier alpha value is -3.61. The third-order valence-electron chi connectivity index (χ3n) is 3.60. The molecule has 3 aromatic rings. The van der Waals surface area contributed by atoms with Gasteiger partial charge in [0.15, 0.2) is 6.61 Å². The van der Waals surface area contributed by atoms with E-state index in [0.29, 0.717) is 27.9 Å². The van der Waals surface area contributed by atoms with Crippen LogP contribution in [0.1, 0.15) is 6.92 Å². The molecule has 3 rings (SSSR count). The third kappa shape index (κ3) is 4.07. The Bertz CT molecular complexity index is 1030. The second kappa shape index (κ2) is 7.52. The van der Waals surface area contributed by atoms with Crippen LogP contribution in [0.5, 0.6) is 5.75 Å². The summed E-state index contributed by atoms with van der Waals surface area (Å²) in [6.45, 7) is 1.20. The van der Waals surface area contributed by atoms with Crippen molar-refractivity contribution in [1.82, 2.24) is 4.98 Å². The molecule has 0 aliphatic heterocycles. The first kappa shape index (κ1) is 17.2. The molecule has 26 heavy (non-hydrogen) atoms. The smallest absolute Gasteiger partial charge is 0.262 e. The van der Waals surface area contributed by atoms with Gasteiger partial charge in [-0.3, -0.25) is 14.4 Å². The summed E-state index contributed by atoms with van der Waals surface area (Å²) in [5, 5.41) is 6.48. The minimum Gasteiger partial charge on any atom is -0.483 e. The molecule has 2 aromatic carbocycles. The van der Waals surface area contributed by atoms with Crippen molar-refractivity contribution in [2.24, 2.45) is 0 Å². The number of ether oxygens (including phenoxy) is 1. The minimum atomic E-state index is -0.355. The van der Waals surface area contributed by atoms with Crippen LogP contribution in [0.15, 0.2) is 59.5 Å². The van der Waals surface area contributed by atoms with Crippen molar-refractivity contribution in [2.45, 2.75) is 6.92 Å². The highest BCUT2D eigenvalue weighted by molar-refractivity contribution is 5.94. The number of carbonyl (C=O) groups excluding carboxylic acids is 2. The Balaban J connectivity index is 1.68. The fourth-order valence-corrected chi connectivity index (χ4v) is 2.54. The van der Waals surface area contributed by atoms with Gasteiger partial charge in [-0.15, -0.1) is 0 Å². The molecule has 0 saturated heterocycles. The van der Waals surface area contributed by atoms with Crippen LogP contribution in [-0.4, -0.2) is 23.4 Å². The quantitative estimate of drug-likeness (QED) is 0.657. The maximum atomic E-state index is 12.1. The molecule has 1 aromatic heterocycles. The van der Waals surface area contributed by atoms with Gasteiger partial charge in [-0.2, -0.15) is 0 Å². The molecule has 0 fully saturated rings. The number of amides is 2. The van der Waals surface area contributed by atoms with Crippen LogP contribution in [0, 0.1) is 0 Å². The van der Waals surface area contributed by atoms with Crippen LogP contribution in [0.3, 0.4) is 0 Å². The highest BCUT2D eigenvalue weighted by Gasteiger charge is 2.08. The lowest BCUT2D eigenvalue weighted by Gasteiger charge is -2.10. The first-order chi connectivity index (χ1) is 12.5. The number of nitrogens with one attached hydrogen (secondary N) is 3. The summed E-state index contributed by atoms with van der Waals surface area (Å²) in [5.41, 5.74) is 0.913. The van der Waals surface area contributed by atoms with Gasteiger partial charge in [0.2, 0.25) is 5.91 Å². The van der Waals surface area contributed by atoms with Crippen molar-refractivity contribution in [1.29, 1.82) is 0 Å². The van der Waals surface area contributed by atoms with E-state index in [9.17, 15) is 14.4 Å². The number of aromatic amines is 1. The van der Waals surface area contributed by atoms with Crippen LogP contribution in [0.4, 0.5) is 11.4 Å². The monoisotopic (exact) mass is 351 g/mol. The first-order valence-electron chi connectivity index (χ1n) is 7.93. The summed E-state index contributed by atoms with van der Waals surface area (Å²) in [5.74, 6) is -0.0923. The van der Waals surface area contributed by atoms with E-state index in [1.54, 1.807) is 48.5 Å². The summed E-state index contributed by atoms with van der Waals surface area (Å²) in [6.07, 6.45) is 1.53. The summed E-state index contributed by atoms with van der Waals surface area (Å²) in [6, 6.07) is 13.6. The molecule has 7 nitrogen and oxygen atoms in total. The van der Waals surface area contributed by atoms with E-state index in [1.165, 1.54) is 13.1 Å². The molecular weight excluding hydrogens is 334 g/mol. The topological polar surface area (TPSA) is 100 Å². The average Bonchev–Trinajstić information content (AvgIpc) is 2.60. The number of benzene rings is 2. The Labute approximate surface area is 149 Å². The number of hydrogen-bond acceptors (Lipinski definition) is 4. The molecule has 2 amide bonds. The van der Waals surface area contributed by atoms with E-state index in [4.69, 9.17) is 4.74 Å². The van der Waals surface area contributed by atoms with Crippen molar-refractivity contribution in [3.63, 3.8) is 0 Å². The fourth-order valence-electron chi connectivity index (χ4n) is 2.54. The molecule has 132 valence electrons. The van der Waals surface area contributed by atoms with Crippen molar-refractivity contribution in [2.75, 3.05) is 17.2 Å². The van der Waals surface area contributed by atoms with Crippen LogP contribution in [-0.2, 0) is 9.59 Å². The first-order valence-corrected chi connectivity index (χ1v) is 7.93. The van der Waals surface area contributed by atoms with Crippen molar-refractivity contribution in [3.05, 3.63) is 65.1 Å². The predicted molar refractivity (Wildman–Crippen MR) is 99.4 cm³/mol. The van der Waals surface area contributed by atoms with Crippen molar-refractivity contribution >= 4 is 34.0 Å². The summed E-state index contributed by atoms with van der Waals surface area (Å²) >= 11 is 0. The highest BCUT2D eigenvalue weighted by atomic mass is 16.5. The molecular formula is C19H17N3O4. The second-order valence-corrected chi connectivity index (χ2v) is 5.62. The normalized spacial score (nSPS) is 10.3. The number of pyridine rings is 1. The third-order valence-corrected chi connectivity index (χ3v) is 3.60. The van der Waals surface area contributed by atoms with Gasteiger partial charge in [0, 0.05) is 29.9 Å². The van der Waals surface area contributed by atoms with Gasteiger partial charge >= 0.3 is 0 Å². The van der Waals surface area contributed by atoms with Gasteiger partial charge < -0.3 is 20.4 Å². The summed E-state index contributed by atoms with van der Waals surface area (Å²) in [7, 11) is 0. The van der Waals surface area contributed by atoms with E-state index >= 15 is 0 Å². The highest BCUT2D eigenvalue weighted by Crippen LogP contribution is 2.22. The van der Waals surface area contributed by atoms with Gasteiger partial charge in [-0.1, -0.05) is 12.1 Å². The van der Waals surface area contributed by atoms with Crippen LogP contribution in [0.25, 0.3) is 10.8 Å². The Morgan fingerprint density at radius 3 is 2.50 bits per heavy atom. The fraction of sp³-hybridized carbons (Fsp3) is 0.105. The molecule has 0 unspecified atom stereocenters. The molecule has 1 heterocycles. The van der Waals surface area contributed by atoms with Crippen LogP contribution in [0.2, 0.25) is 0 Å². The molecule has 0 atom stereocenters. The van der Waals surface area contributed by atoms with Crippen LogP contribution < -0.4 is 20.9 Å². The number of rotatable bonds is 5. The SMILES string of the molecule is CC(=O)Nc1cccc(NC(=O)COc2cccc3c(=O)[nH]ccc23)c1. The largest absolute Gasteiger partial charge is 0.483 e. The van der Waals surface area contributed by atoms with Gasteiger partial charge in [-0.25, -0.2) is 0 Å². The molecule has 0 radical (unpaired) electrons. The molecule has 0 saturated carbocycles. The lowest BCUT2D eigenvalue weighted by molar-refractivity contribution is -0.118. The zero-order valence-corrected chi connectivity index (χ0v) is 14.0. The number of H-pyrrole nitrogens is 1. The van der Waals surface area contributed by atoms with Gasteiger partial charge in [0.25, 0.3) is 11.5 Å². The Kier molecular flexibility index (Phi) is 4.98. The average molecular weight is 351 g/mol. The number of fused-ring (bicyclic) bond motifs is 1. The van der Waals surface area contributed by atoms with Crippen LogP contribution >= 0.6 is 0 Å². The van der Waals surface area contributed by atoms with E-state index in [1.807, 2.05) is 0 Å². The van der Waals surface area contributed by atoms with Crippen molar-refractivity contribution < 1.29 is 14.3 Å². The zero-order chi connectivity index (χ0) is 18.5. The summed E-state index contributed by atoms with van der Waals surface area (Å²) < 4.78 is 5.57. The molecule has 0 bridgehead atoms. The second-order valence-electron chi connectivity index (χ2n) is 5.62. The minimum absolute atomic E-state index is 0.192. The van der Waals surface area contributed by atoms with E-state index in [2.05, 4.69) is 15.6 Å². The standard InChI is InChI=1S/C19H17N3O4/c1-12(23)21-13-4-2-5-14(10-13)22-18(24)11-26-17-7-3-6-16-15(17)8-9-20-19(16)25/h2-10H,11H2,1H3,(H,20,25)(H,21,23)(H,22,24). The Morgan fingerprint density at radius 1 is 1.00 bits per heavy atom. The zero-order valence-electron chi connectivity index (χ0n) is 14.0.